The number of carbonyl (C=O) groups is 1. The summed E-state index contributed by atoms with van der Waals surface area (Å²) in [7, 11) is 0. The average Bonchev–Trinajstić information content (AvgIpc) is 2.47. The first kappa shape index (κ1) is 13.5. The molecule has 1 heterocycles. The van der Waals surface area contributed by atoms with Crippen molar-refractivity contribution in [3.63, 3.8) is 0 Å². The minimum atomic E-state index is 0.121. The lowest BCUT2D eigenvalue weighted by Gasteiger charge is -2.06. The molecule has 3 aromatic rings. The Balaban J connectivity index is 1.89. The number of Topliss-reactive ketones (excluding diaryl/α,β-unsaturated/α-hetero) is 1. The molecule has 104 valence electrons. The highest BCUT2D eigenvalue weighted by atomic mass is 16.1. The summed E-state index contributed by atoms with van der Waals surface area (Å²) in [5.74, 6) is 0.121. The number of benzene rings is 2. The molecule has 0 amide bonds. The lowest BCUT2D eigenvalue weighted by atomic mass is 9.99. The fourth-order valence-electron chi connectivity index (χ4n) is 2.59. The molecule has 0 saturated carbocycles. The van der Waals surface area contributed by atoms with Gasteiger partial charge in [0.1, 0.15) is 0 Å². The first-order chi connectivity index (χ1) is 10.1. The Kier molecular flexibility index (Phi) is 3.53. The second kappa shape index (κ2) is 5.49. The molecule has 21 heavy (non-hydrogen) atoms. The van der Waals surface area contributed by atoms with Crippen molar-refractivity contribution in [1.29, 1.82) is 0 Å². The fourth-order valence-corrected chi connectivity index (χ4v) is 2.59. The van der Waals surface area contributed by atoms with Crippen molar-refractivity contribution in [2.75, 3.05) is 0 Å². The van der Waals surface area contributed by atoms with Crippen molar-refractivity contribution in [2.24, 2.45) is 0 Å². The third-order valence-corrected chi connectivity index (χ3v) is 3.68. The Bertz CT molecular complexity index is 821. The molecule has 2 nitrogen and oxygen atoms in total. The van der Waals surface area contributed by atoms with E-state index in [-0.39, 0.29) is 5.78 Å². The number of fused-ring (bicyclic) bond motifs is 1. The molecular formula is C19H17NO. The van der Waals surface area contributed by atoms with Gasteiger partial charge in [0.2, 0.25) is 0 Å². The summed E-state index contributed by atoms with van der Waals surface area (Å²) in [6.45, 7) is 4.01. The largest absolute Gasteiger partial charge is 0.294 e. The molecule has 3 rings (SSSR count). The summed E-state index contributed by atoms with van der Waals surface area (Å²) in [4.78, 5) is 17.0. The number of hydrogen-bond donors (Lipinski definition) is 0. The Hall–Kier alpha value is -2.48. The monoisotopic (exact) mass is 275 g/mol. The van der Waals surface area contributed by atoms with Gasteiger partial charge in [-0.15, -0.1) is 0 Å². The van der Waals surface area contributed by atoms with Crippen molar-refractivity contribution in [2.45, 2.75) is 20.3 Å². The van der Waals surface area contributed by atoms with Gasteiger partial charge in [0.15, 0.2) is 5.78 Å². The molecule has 0 bridgehead atoms. The molecule has 0 spiro atoms. The highest BCUT2D eigenvalue weighted by molar-refractivity contribution is 5.98. The van der Waals surface area contributed by atoms with Crippen LogP contribution in [0, 0.1) is 13.8 Å². The highest BCUT2D eigenvalue weighted by Crippen LogP contribution is 2.16. The Morgan fingerprint density at radius 2 is 1.81 bits per heavy atom. The van der Waals surface area contributed by atoms with E-state index in [1.54, 1.807) is 0 Å². The van der Waals surface area contributed by atoms with Gasteiger partial charge in [-0.05, 0) is 31.5 Å². The Morgan fingerprint density at radius 1 is 1.00 bits per heavy atom. The summed E-state index contributed by atoms with van der Waals surface area (Å²) in [6.07, 6.45) is 0.342. The van der Waals surface area contributed by atoms with E-state index in [0.29, 0.717) is 6.42 Å². The second-order valence-corrected chi connectivity index (χ2v) is 5.41. The molecule has 0 saturated heterocycles. The number of ketones is 1. The van der Waals surface area contributed by atoms with Crippen LogP contribution in [0.5, 0.6) is 0 Å². The zero-order valence-electron chi connectivity index (χ0n) is 12.3. The average molecular weight is 275 g/mol. The number of carbonyl (C=O) groups excluding carboxylic acids is 1. The quantitative estimate of drug-likeness (QED) is 0.668. The van der Waals surface area contributed by atoms with Gasteiger partial charge in [0.25, 0.3) is 0 Å². The minimum absolute atomic E-state index is 0.121. The van der Waals surface area contributed by atoms with Crippen molar-refractivity contribution in [3.05, 3.63) is 77.0 Å². The van der Waals surface area contributed by atoms with E-state index in [1.807, 2.05) is 68.4 Å². The van der Waals surface area contributed by atoms with Crippen LogP contribution in [0.3, 0.4) is 0 Å². The van der Waals surface area contributed by atoms with Gasteiger partial charge in [0.05, 0.1) is 11.9 Å². The molecule has 2 aromatic carbocycles. The van der Waals surface area contributed by atoms with Crippen LogP contribution in [-0.2, 0) is 6.42 Å². The number of rotatable bonds is 3. The molecule has 0 aliphatic heterocycles. The van der Waals surface area contributed by atoms with Crippen LogP contribution >= 0.6 is 0 Å². The van der Waals surface area contributed by atoms with Crippen LogP contribution in [0.1, 0.15) is 27.2 Å². The van der Waals surface area contributed by atoms with E-state index in [4.69, 9.17) is 0 Å². The number of aryl methyl sites for hydroxylation is 2. The van der Waals surface area contributed by atoms with Gasteiger partial charge in [-0.1, -0.05) is 48.0 Å². The Morgan fingerprint density at radius 3 is 2.62 bits per heavy atom. The third-order valence-electron chi connectivity index (χ3n) is 3.68. The predicted molar refractivity (Wildman–Crippen MR) is 85.7 cm³/mol. The summed E-state index contributed by atoms with van der Waals surface area (Å²) in [5, 5.41) is 1.10. The first-order valence-corrected chi connectivity index (χ1v) is 7.08. The summed E-state index contributed by atoms with van der Waals surface area (Å²) in [5.41, 5.74) is 4.74. The van der Waals surface area contributed by atoms with Crippen molar-refractivity contribution < 1.29 is 4.79 Å². The normalized spacial score (nSPS) is 10.8. The molecular weight excluding hydrogens is 258 g/mol. The van der Waals surface area contributed by atoms with Crippen LogP contribution in [-0.4, -0.2) is 10.8 Å². The van der Waals surface area contributed by atoms with Crippen LogP contribution in [0.15, 0.2) is 54.6 Å². The van der Waals surface area contributed by atoms with Gasteiger partial charge < -0.3 is 0 Å². The van der Waals surface area contributed by atoms with E-state index < -0.39 is 0 Å². The predicted octanol–water partition coefficient (Wildman–Crippen LogP) is 4.28. The van der Waals surface area contributed by atoms with E-state index in [1.165, 1.54) is 5.56 Å². The van der Waals surface area contributed by atoms with Gasteiger partial charge in [-0.2, -0.15) is 0 Å². The zero-order valence-corrected chi connectivity index (χ0v) is 12.3. The topological polar surface area (TPSA) is 30.0 Å². The van der Waals surface area contributed by atoms with Crippen LogP contribution < -0.4 is 0 Å². The molecule has 0 N–H and O–H groups in total. The maximum absolute atomic E-state index is 12.4. The summed E-state index contributed by atoms with van der Waals surface area (Å²) < 4.78 is 0. The Labute approximate surface area is 124 Å². The summed E-state index contributed by atoms with van der Waals surface area (Å²) >= 11 is 0. The van der Waals surface area contributed by atoms with E-state index in [0.717, 1.165) is 27.7 Å². The third kappa shape index (κ3) is 2.84. The number of pyridine rings is 1. The zero-order chi connectivity index (χ0) is 14.8. The molecule has 0 aliphatic carbocycles. The molecule has 0 aliphatic rings. The highest BCUT2D eigenvalue weighted by Gasteiger charge is 2.11. The van der Waals surface area contributed by atoms with E-state index >= 15 is 0 Å². The molecule has 2 heteroatoms. The molecule has 0 radical (unpaired) electrons. The van der Waals surface area contributed by atoms with Crippen molar-refractivity contribution in [3.8, 4) is 0 Å². The smallest absolute Gasteiger partial charge is 0.169 e. The lowest BCUT2D eigenvalue weighted by molar-refractivity contribution is 0.0991. The van der Waals surface area contributed by atoms with Crippen LogP contribution in [0.25, 0.3) is 10.9 Å². The van der Waals surface area contributed by atoms with Gasteiger partial charge in [0, 0.05) is 16.6 Å². The van der Waals surface area contributed by atoms with Crippen molar-refractivity contribution in [1.82, 2.24) is 4.98 Å². The van der Waals surface area contributed by atoms with Gasteiger partial charge in [-0.3, -0.25) is 9.78 Å². The maximum Gasteiger partial charge on any atom is 0.169 e. The van der Waals surface area contributed by atoms with Crippen molar-refractivity contribution >= 4 is 16.7 Å². The molecule has 1 aromatic heterocycles. The number of nitrogens with zero attached hydrogens (tertiary/aromatic N) is 1. The van der Waals surface area contributed by atoms with Crippen LogP contribution in [0.2, 0.25) is 0 Å². The standard InChI is InChI=1S/C19H17NO/c1-13-7-10-17(14(2)11-13)19(21)12-16-9-8-15-5-3-4-6-18(15)20-16/h3-11H,12H2,1-2H3. The van der Waals surface area contributed by atoms with Gasteiger partial charge in [-0.25, -0.2) is 0 Å². The maximum atomic E-state index is 12.4. The summed E-state index contributed by atoms with van der Waals surface area (Å²) in [6, 6.07) is 17.8. The second-order valence-electron chi connectivity index (χ2n) is 5.41. The SMILES string of the molecule is Cc1ccc(C(=O)Cc2ccc3ccccc3n2)c(C)c1. The first-order valence-electron chi connectivity index (χ1n) is 7.08. The van der Waals surface area contributed by atoms with Gasteiger partial charge >= 0.3 is 0 Å². The fraction of sp³-hybridized carbons (Fsp3) is 0.158. The lowest BCUT2D eigenvalue weighted by Crippen LogP contribution is -2.07. The number of para-hydroxylation sites is 1. The minimum Gasteiger partial charge on any atom is -0.294 e. The molecule has 0 atom stereocenters. The number of hydrogen-bond acceptors (Lipinski definition) is 2. The molecule has 0 fully saturated rings. The van der Waals surface area contributed by atoms with E-state index in [2.05, 4.69) is 4.98 Å². The molecule has 0 unspecified atom stereocenters. The van der Waals surface area contributed by atoms with Crippen LogP contribution in [0.4, 0.5) is 0 Å². The van der Waals surface area contributed by atoms with E-state index in [9.17, 15) is 4.79 Å². The number of aromatic nitrogens is 1.